The van der Waals surface area contributed by atoms with Crippen LogP contribution in [0.1, 0.15) is 36.0 Å². The second-order valence-corrected chi connectivity index (χ2v) is 14.2. The molecule has 222 valence electrons. The van der Waals surface area contributed by atoms with Gasteiger partial charge < -0.3 is 10.6 Å². The van der Waals surface area contributed by atoms with Crippen molar-refractivity contribution >= 4 is 39.5 Å². The van der Waals surface area contributed by atoms with E-state index in [0.29, 0.717) is 31.3 Å². The number of rotatable bonds is 9. The average Bonchev–Trinajstić information content (AvgIpc) is 3.66. The van der Waals surface area contributed by atoms with Crippen LogP contribution >= 0.6 is 0 Å². The fourth-order valence-corrected chi connectivity index (χ4v) is 6.78. The standard InChI is InChI=1S/C25H32B3F4N7O2S/c1-14-8-15(9-34-25(26,27)28)2-5-21(14)39-12-16(10-35-39)22-18(24(30,31)32)11-33-23(37-22)36-20-6-7-38(13-19(20)29)42(40,41)17-3-4-17/h2,5,8,10-12,17,19-20,34H,3-4,6-7,9,13,26-28H2,1H3,(H,33,36,37)/t19-,20+/m1/s1. The lowest BCUT2D eigenvalue weighted by molar-refractivity contribution is -0.137. The van der Waals surface area contributed by atoms with E-state index in [4.69, 9.17) is 0 Å². The molecule has 1 saturated carbocycles. The highest BCUT2D eigenvalue weighted by Crippen LogP contribution is 2.37. The summed E-state index contributed by atoms with van der Waals surface area (Å²) in [4.78, 5) is 7.95. The Balaban J connectivity index is 1.36. The van der Waals surface area contributed by atoms with Crippen molar-refractivity contribution < 1.29 is 26.0 Å². The number of benzene rings is 1. The lowest BCUT2D eigenvalue weighted by Crippen LogP contribution is -2.50. The van der Waals surface area contributed by atoms with Crippen molar-refractivity contribution in [2.45, 2.75) is 61.6 Å². The molecule has 2 aliphatic rings. The van der Waals surface area contributed by atoms with Crippen molar-refractivity contribution in [3.05, 3.63) is 53.5 Å². The summed E-state index contributed by atoms with van der Waals surface area (Å²) < 4.78 is 84.5. The van der Waals surface area contributed by atoms with E-state index in [0.717, 1.165) is 15.4 Å². The molecular weight excluding hydrogens is 571 g/mol. The second kappa shape index (κ2) is 11.3. The van der Waals surface area contributed by atoms with E-state index in [1.807, 2.05) is 25.1 Å². The number of anilines is 1. The first-order chi connectivity index (χ1) is 19.6. The maximum atomic E-state index is 15.0. The van der Waals surface area contributed by atoms with Crippen LogP contribution in [-0.4, -0.2) is 91.8 Å². The first-order valence-electron chi connectivity index (χ1n) is 13.9. The first-order valence-corrected chi connectivity index (χ1v) is 15.4. The molecule has 2 atom stereocenters. The minimum Gasteiger partial charge on any atom is -0.348 e. The topological polar surface area (TPSA) is 105 Å². The number of nitrogens with zero attached hydrogens (tertiary/aromatic N) is 5. The summed E-state index contributed by atoms with van der Waals surface area (Å²) in [5.41, 5.74) is 1.34. The number of hydrogen-bond donors (Lipinski definition) is 2. The Morgan fingerprint density at radius 3 is 2.48 bits per heavy atom. The maximum Gasteiger partial charge on any atom is 0.419 e. The van der Waals surface area contributed by atoms with Gasteiger partial charge in [-0.15, -0.1) is 0 Å². The summed E-state index contributed by atoms with van der Waals surface area (Å²) >= 11 is 0. The highest BCUT2D eigenvalue weighted by molar-refractivity contribution is 7.90. The summed E-state index contributed by atoms with van der Waals surface area (Å²) in [7, 11) is 2.70. The molecule has 9 nitrogen and oxygen atoms in total. The van der Waals surface area contributed by atoms with Crippen molar-refractivity contribution in [2.24, 2.45) is 0 Å². The molecule has 3 aromatic rings. The molecule has 0 unspecified atom stereocenters. The number of nitrogens with one attached hydrogen (secondary N) is 2. The molecule has 1 aromatic carbocycles. The first kappa shape index (κ1) is 30.5. The molecule has 0 radical (unpaired) electrons. The quantitative estimate of drug-likeness (QED) is 0.273. The third-order valence-corrected chi connectivity index (χ3v) is 9.77. The third-order valence-electron chi connectivity index (χ3n) is 7.41. The molecule has 0 bridgehead atoms. The zero-order chi connectivity index (χ0) is 30.4. The molecule has 1 aliphatic heterocycles. The van der Waals surface area contributed by atoms with E-state index in [2.05, 4.69) is 49.2 Å². The summed E-state index contributed by atoms with van der Waals surface area (Å²) in [5, 5.41) is 10.0. The molecular formula is C25H32B3F4N7O2S. The van der Waals surface area contributed by atoms with Crippen LogP contribution in [0.5, 0.6) is 0 Å². The predicted molar refractivity (Wildman–Crippen MR) is 160 cm³/mol. The number of halogens is 4. The average molecular weight is 603 g/mol. The molecule has 5 rings (SSSR count). The Hall–Kier alpha value is -2.91. The number of hydrogen-bond acceptors (Lipinski definition) is 7. The lowest BCUT2D eigenvalue weighted by atomic mass is 9.49. The van der Waals surface area contributed by atoms with Crippen LogP contribution in [0.25, 0.3) is 16.9 Å². The highest BCUT2D eigenvalue weighted by Gasteiger charge is 2.44. The van der Waals surface area contributed by atoms with Gasteiger partial charge in [0.15, 0.2) is 0 Å². The SMILES string of the molecule is BC(B)(B)NCc1ccc(-n2cc(-c3nc(N[C@H]4CCN(S(=O)(=O)C5CC5)C[C@H]4F)ncc3C(F)(F)F)cn2)c(C)c1. The minimum absolute atomic E-state index is 0.0515. The second-order valence-electron chi connectivity index (χ2n) is 12.0. The normalized spacial score (nSPS) is 20.5. The van der Waals surface area contributed by atoms with Crippen LogP contribution < -0.4 is 10.6 Å². The number of piperidine rings is 1. The fraction of sp³-hybridized carbons (Fsp3) is 0.480. The maximum absolute atomic E-state index is 15.0. The summed E-state index contributed by atoms with van der Waals surface area (Å²) in [6.45, 7) is 2.36. The molecule has 3 heterocycles. The van der Waals surface area contributed by atoms with E-state index in [1.54, 1.807) is 0 Å². The number of sulfonamides is 1. The van der Waals surface area contributed by atoms with Crippen LogP contribution in [0.15, 0.2) is 36.8 Å². The van der Waals surface area contributed by atoms with Gasteiger partial charge in [-0.1, -0.05) is 17.4 Å². The van der Waals surface area contributed by atoms with Gasteiger partial charge >= 0.3 is 6.18 Å². The molecule has 2 fully saturated rings. The molecule has 1 saturated heterocycles. The van der Waals surface area contributed by atoms with Gasteiger partial charge in [0.1, 0.15) is 35.3 Å². The monoisotopic (exact) mass is 603 g/mol. The van der Waals surface area contributed by atoms with Gasteiger partial charge in [-0.2, -0.15) is 22.6 Å². The van der Waals surface area contributed by atoms with Crippen LogP contribution in [-0.2, 0) is 22.7 Å². The van der Waals surface area contributed by atoms with Gasteiger partial charge in [0.2, 0.25) is 16.0 Å². The summed E-state index contributed by atoms with van der Waals surface area (Å²) in [5.74, 6) is -0.177. The minimum atomic E-state index is -4.74. The molecule has 0 amide bonds. The van der Waals surface area contributed by atoms with Gasteiger partial charge in [0.05, 0.1) is 28.9 Å². The molecule has 2 aromatic heterocycles. The van der Waals surface area contributed by atoms with E-state index >= 15 is 4.39 Å². The molecule has 0 spiro atoms. The summed E-state index contributed by atoms with van der Waals surface area (Å²) in [6, 6.07) is 4.94. The Morgan fingerprint density at radius 1 is 1.12 bits per heavy atom. The highest BCUT2D eigenvalue weighted by atomic mass is 32.2. The number of alkyl halides is 4. The Kier molecular flexibility index (Phi) is 8.22. The van der Waals surface area contributed by atoms with Crippen molar-refractivity contribution in [3.8, 4) is 16.9 Å². The smallest absolute Gasteiger partial charge is 0.348 e. The Bertz CT molecular complexity index is 1560. The van der Waals surface area contributed by atoms with Gasteiger partial charge in [-0.05, 0) is 43.4 Å². The number of aryl methyl sites for hydroxylation is 1. The lowest BCUT2D eigenvalue weighted by Gasteiger charge is -2.34. The number of aromatic nitrogens is 4. The molecule has 2 N–H and O–H groups in total. The van der Waals surface area contributed by atoms with E-state index in [-0.39, 0.29) is 42.0 Å². The van der Waals surface area contributed by atoms with Crippen LogP contribution in [0.2, 0.25) is 0 Å². The zero-order valence-corrected chi connectivity index (χ0v) is 24.7. The van der Waals surface area contributed by atoms with Gasteiger partial charge in [0.25, 0.3) is 0 Å². The van der Waals surface area contributed by atoms with Crippen molar-refractivity contribution in [3.63, 3.8) is 0 Å². The summed E-state index contributed by atoms with van der Waals surface area (Å²) in [6.07, 6.45) is -1.58. The molecule has 1 aliphatic carbocycles. The Morgan fingerprint density at radius 2 is 1.86 bits per heavy atom. The third kappa shape index (κ3) is 6.83. The van der Waals surface area contributed by atoms with Crippen LogP contribution in [0.4, 0.5) is 23.5 Å². The predicted octanol–water partition coefficient (Wildman–Crippen LogP) is 0.573. The van der Waals surface area contributed by atoms with Crippen molar-refractivity contribution in [2.75, 3.05) is 18.4 Å². The van der Waals surface area contributed by atoms with E-state index in [1.165, 1.54) is 17.1 Å². The van der Waals surface area contributed by atoms with E-state index in [9.17, 15) is 21.6 Å². The van der Waals surface area contributed by atoms with E-state index < -0.39 is 39.2 Å². The Labute approximate surface area is 245 Å². The fourth-order valence-electron chi connectivity index (χ4n) is 4.92. The van der Waals surface area contributed by atoms with Crippen molar-refractivity contribution in [1.82, 2.24) is 29.4 Å². The van der Waals surface area contributed by atoms with Crippen LogP contribution in [0.3, 0.4) is 0 Å². The van der Waals surface area contributed by atoms with Gasteiger partial charge in [-0.3, -0.25) is 0 Å². The largest absolute Gasteiger partial charge is 0.419 e. The van der Waals surface area contributed by atoms with Crippen molar-refractivity contribution in [1.29, 1.82) is 0 Å². The zero-order valence-electron chi connectivity index (χ0n) is 23.9. The molecule has 42 heavy (non-hydrogen) atoms. The molecule has 17 heteroatoms. The van der Waals surface area contributed by atoms with Gasteiger partial charge in [0, 0.05) is 37.6 Å². The van der Waals surface area contributed by atoms with Crippen LogP contribution in [0, 0.1) is 6.92 Å². The van der Waals surface area contributed by atoms with Gasteiger partial charge in [-0.25, -0.2) is 27.5 Å².